The fourth-order valence-electron chi connectivity index (χ4n) is 6.03. The molecule has 0 aliphatic heterocycles. The fourth-order valence-corrected chi connectivity index (χ4v) is 6.03. The minimum atomic E-state index is 0.539. The number of ether oxygens (including phenoxy) is 1. The van der Waals surface area contributed by atoms with Crippen LogP contribution in [0.15, 0.2) is 0 Å². The smallest absolute Gasteiger partial charge is 0.0597 e. The first-order chi connectivity index (χ1) is 10.7. The molecule has 3 aliphatic rings. The average molecular weight is 307 g/mol. The Bertz CT molecular complexity index is 323. The molecule has 0 saturated heterocycles. The first-order valence-corrected chi connectivity index (χ1v) is 10.2. The van der Waals surface area contributed by atoms with E-state index < -0.39 is 0 Å². The lowest BCUT2D eigenvalue weighted by atomic mass is 9.64. The van der Waals surface area contributed by atoms with Crippen LogP contribution in [0.25, 0.3) is 0 Å². The van der Waals surface area contributed by atoms with Crippen molar-refractivity contribution in [3.63, 3.8) is 0 Å². The monoisotopic (exact) mass is 306 g/mol. The molecular formula is C21H38O. The van der Waals surface area contributed by atoms with E-state index >= 15 is 0 Å². The topological polar surface area (TPSA) is 9.23 Å². The van der Waals surface area contributed by atoms with Crippen molar-refractivity contribution in [1.82, 2.24) is 0 Å². The summed E-state index contributed by atoms with van der Waals surface area (Å²) in [4.78, 5) is 0. The van der Waals surface area contributed by atoms with E-state index in [9.17, 15) is 0 Å². The Labute approximate surface area is 138 Å². The van der Waals surface area contributed by atoms with Gasteiger partial charge < -0.3 is 4.74 Å². The molecule has 0 aromatic carbocycles. The van der Waals surface area contributed by atoms with E-state index in [1.165, 1.54) is 57.8 Å². The van der Waals surface area contributed by atoms with E-state index in [1.807, 2.05) is 7.11 Å². The molecule has 128 valence electrons. The summed E-state index contributed by atoms with van der Waals surface area (Å²) in [5, 5.41) is 0. The van der Waals surface area contributed by atoms with Gasteiger partial charge in [-0.05, 0) is 93.3 Å². The van der Waals surface area contributed by atoms with Crippen LogP contribution in [0.4, 0.5) is 0 Å². The molecular weight excluding hydrogens is 268 g/mol. The van der Waals surface area contributed by atoms with Gasteiger partial charge in [0.1, 0.15) is 0 Å². The standard InChI is InChI=1S/C21H38O/c1-15-4-6-17(7-5-15)18-8-10-19(11-9-18)20-12-13-21(22-3)16(2)14-20/h15-21H,4-14H2,1-3H3. The van der Waals surface area contributed by atoms with Crippen molar-refractivity contribution in [1.29, 1.82) is 0 Å². The predicted molar refractivity (Wildman–Crippen MR) is 93.9 cm³/mol. The number of hydrogen-bond acceptors (Lipinski definition) is 1. The molecule has 3 saturated carbocycles. The van der Waals surface area contributed by atoms with Crippen LogP contribution >= 0.6 is 0 Å². The maximum absolute atomic E-state index is 5.64. The molecule has 1 nitrogen and oxygen atoms in total. The van der Waals surface area contributed by atoms with E-state index in [0.29, 0.717) is 6.10 Å². The molecule has 0 radical (unpaired) electrons. The van der Waals surface area contributed by atoms with Gasteiger partial charge in [0.2, 0.25) is 0 Å². The number of rotatable bonds is 3. The summed E-state index contributed by atoms with van der Waals surface area (Å²) in [5.74, 6) is 6.00. The first-order valence-electron chi connectivity index (χ1n) is 10.2. The van der Waals surface area contributed by atoms with E-state index in [1.54, 1.807) is 12.8 Å². The molecule has 0 aromatic heterocycles. The van der Waals surface area contributed by atoms with Gasteiger partial charge in [-0.1, -0.05) is 26.7 Å². The predicted octanol–water partition coefficient (Wildman–Crippen LogP) is 6.07. The van der Waals surface area contributed by atoms with Crippen molar-refractivity contribution in [2.45, 2.75) is 90.6 Å². The van der Waals surface area contributed by atoms with Gasteiger partial charge in [0, 0.05) is 7.11 Å². The second kappa shape index (κ2) is 7.69. The minimum absolute atomic E-state index is 0.539. The summed E-state index contributed by atoms with van der Waals surface area (Å²) in [6.07, 6.45) is 16.9. The van der Waals surface area contributed by atoms with Gasteiger partial charge in [0.15, 0.2) is 0 Å². The van der Waals surface area contributed by atoms with Crippen molar-refractivity contribution >= 4 is 0 Å². The molecule has 0 spiro atoms. The molecule has 3 fully saturated rings. The van der Waals surface area contributed by atoms with Crippen molar-refractivity contribution < 1.29 is 4.74 Å². The molecule has 3 atom stereocenters. The van der Waals surface area contributed by atoms with Crippen molar-refractivity contribution in [3.8, 4) is 0 Å². The molecule has 3 aliphatic carbocycles. The molecule has 0 amide bonds. The third kappa shape index (κ3) is 3.89. The molecule has 0 aromatic rings. The summed E-state index contributed by atoms with van der Waals surface area (Å²) in [6, 6.07) is 0. The number of methoxy groups -OCH3 is 1. The lowest BCUT2D eigenvalue weighted by molar-refractivity contribution is -0.00204. The van der Waals surface area contributed by atoms with Crippen LogP contribution < -0.4 is 0 Å². The summed E-state index contributed by atoms with van der Waals surface area (Å²) in [7, 11) is 1.90. The van der Waals surface area contributed by atoms with Gasteiger partial charge >= 0.3 is 0 Å². The Balaban J connectivity index is 1.44. The van der Waals surface area contributed by atoms with Gasteiger partial charge in [0.25, 0.3) is 0 Å². The molecule has 0 N–H and O–H groups in total. The summed E-state index contributed by atoms with van der Waals surface area (Å²) >= 11 is 0. The lowest BCUT2D eigenvalue weighted by Crippen LogP contribution is -2.34. The van der Waals surface area contributed by atoms with E-state index in [4.69, 9.17) is 4.74 Å². The highest BCUT2D eigenvalue weighted by molar-refractivity contribution is 4.87. The second-order valence-corrected chi connectivity index (χ2v) is 9.02. The Morgan fingerprint density at radius 3 is 1.55 bits per heavy atom. The zero-order chi connectivity index (χ0) is 15.5. The van der Waals surface area contributed by atoms with Crippen LogP contribution in [-0.2, 0) is 4.74 Å². The molecule has 3 unspecified atom stereocenters. The Hall–Kier alpha value is -0.0400. The third-order valence-corrected chi connectivity index (χ3v) is 7.64. The van der Waals surface area contributed by atoms with Gasteiger partial charge in [-0.25, -0.2) is 0 Å². The lowest BCUT2D eigenvalue weighted by Gasteiger charge is -2.42. The normalized spacial score (nSPS) is 47.3. The van der Waals surface area contributed by atoms with Gasteiger partial charge in [-0.2, -0.15) is 0 Å². The average Bonchev–Trinajstić information content (AvgIpc) is 2.56. The van der Waals surface area contributed by atoms with Crippen molar-refractivity contribution in [3.05, 3.63) is 0 Å². The molecule has 1 heteroatoms. The summed E-state index contributed by atoms with van der Waals surface area (Å²) < 4.78 is 5.64. The van der Waals surface area contributed by atoms with E-state index in [0.717, 1.165) is 35.5 Å². The molecule has 0 bridgehead atoms. The van der Waals surface area contributed by atoms with Crippen LogP contribution in [0, 0.1) is 35.5 Å². The summed E-state index contributed by atoms with van der Waals surface area (Å²) in [6.45, 7) is 4.86. The van der Waals surface area contributed by atoms with Crippen LogP contribution in [0.2, 0.25) is 0 Å². The zero-order valence-electron chi connectivity index (χ0n) is 15.2. The van der Waals surface area contributed by atoms with Crippen LogP contribution in [0.5, 0.6) is 0 Å². The highest BCUT2D eigenvalue weighted by atomic mass is 16.5. The van der Waals surface area contributed by atoms with Gasteiger partial charge in [-0.15, -0.1) is 0 Å². The molecule has 22 heavy (non-hydrogen) atoms. The van der Waals surface area contributed by atoms with Crippen LogP contribution in [0.3, 0.4) is 0 Å². The van der Waals surface area contributed by atoms with E-state index in [-0.39, 0.29) is 0 Å². The maximum atomic E-state index is 5.64. The van der Waals surface area contributed by atoms with Crippen LogP contribution in [0.1, 0.15) is 84.5 Å². The molecule has 0 heterocycles. The largest absolute Gasteiger partial charge is 0.381 e. The fraction of sp³-hybridized carbons (Fsp3) is 1.00. The van der Waals surface area contributed by atoms with Crippen molar-refractivity contribution in [2.75, 3.05) is 7.11 Å². The minimum Gasteiger partial charge on any atom is -0.381 e. The summed E-state index contributed by atoms with van der Waals surface area (Å²) in [5.41, 5.74) is 0. The van der Waals surface area contributed by atoms with Crippen LogP contribution in [-0.4, -0.2) is 13.2 Å². The Morgan fingerprint density at radius 2 is 1.05 bits per heavy atom. The Morgan fingerprint density at radius 1 is 0.591 bits per heavy atom. The number of hydrogen-bond donors (Lipinski definition) is 0. The zero-order valence-corrected chi connectivity index (χ0v) is 15.2. The van der Waals surface area contributed by atoms with Gasteiger partial charge in [0.05, 0.1) is 6.10 Å². The Kier molecular flexibility index (Phi) is 5.87. The first kappa shape index (κ1) is 16.8. The van der Waals surface area contributed by atoms with Crippen molar-refractivity contribution in [2.24, 2.45) is 35.5 Å². The molecule has 3 rings (SSSR count). The van der Waals surface area contributed by atoms with Gasteiger partial charge in [-0.3, -0.25) is 0 Å². The second-order valence-electron chi connectivity index (χ2n) is 9.02. The van der Waals surface area contributed by atoms with E-state index in [2.05, 4.69) is 13.8 Å². The SMILES string of the molecule is COC1CCC(C2CCC(C3CCC(C)CC3)CC2)CC1C. The highest BCUT2D eigenvalue weighted by Crippen LogP contribution is 2.46. The maximum Gasteiger partial charge on any atom is 0.0597 e. The third-order valence-electron chi connectivity index (χ3n) is 7.64. The quantitative estimate of drug-likeness (QED) is 0.615. The highest BCUT2D eigenvalue weighted by Gasteiger charge is 2.36.